The molecule has 3 aromatic heterocycles. The molecule has 0 saturated heterocycles. The molecule has 1 fully saturated rings. The van der Waals surface area contributed by atoms with Gasteiger partial charge < -0.3 is 10.1 Å². The van der Waals surface area contributed by atoms with Crippen molar-refractivity contribution < 1.29 is 9.53 Å². The second-order valence-electron chi connectivity index (χ2n) is 8.87. The van der Waals surface area contributed by atoms with Gasteiger partial charge in [0.05, 0.1) is 11.8 Å². The van der Waals surface area contributed by atoms with Crippen molar-refractivity contribution in [1.82, 2.24) is 29.6 Å². The molecule has 2 aliphatic rings. The fourth-order valence-electron chi connectivity index (χ4n) is 4.97. The second-order valence-corrected chi connectivity index (χ2v) is 8.87. The van der Waals surface area contributed by atoms with Crippen LogP contribution in [0.3, 0.4) is 0 Å². The highest BCUT2D eigenvalue weighted by molar-refractivity contribution is 5.95. The van der Waals surface area contributed by atoms with Crippen molar-refractivity contribution in [3.8, 4) is 11.6 Å². The molecule has 9 nitrogen and oxygen atoms in total. The number of nitrogens with one attached hydrogen (secondary N) is 1. The average molecular weight is 444 g/mol. The number of rotatable bonds is 4. The smallest absolute Gasteiger partial charge is 0.226 e. The van der Waals surface area contributed by atoms with Crippen LogP contribution >= 0.6 is 0 Å². The first-order valence-electron chi connectivity index (χ1n) is 11.4. The van der Waals surface area contributed by atoms with Crippen LogP contribution in [0.15, 0.2) is 36.4 Å². The van der Waals surface area contributed by atoms with Gasteiger partial charge >= 0.3 is 0 Å². The largest absolute Gasteiger partial charge is 0.490 e. The number of benzene rings is 1. The number of nitrogens with zero attached hydrogens (tertiary/aromatic N) is 6. The Morgan fingerprint density at radius 2 is 1.79 bits per heavy atom. The van der Waals surface area contributed by atoms with Crippen LogP contribution in [-0.2, 0) is 4.79 Å². The summed E-state index contributed by atoms with van der Waals surface area (Å²) in [5.74, 6) is 2.71. The zero-order valence-electron chi connectivity index (χ0n) is 18.7. The number of hydrogen-bond donors (Lipinski definition) is 1. The van der Waals surface area contributed by atoms with E-state index in [1.54, 1.807) is 9.20 Å². The maximum Gasteiger partial charge on any atom is 0.226 e. The molecule has 1 aliphatic carbocycles. The Kier molecular flexibility index (Phi) is 4.63. The predicted octanol–water partition coefficient (Wildman–Crippen LogP) is 3.72. The Morgan fingerprint density at radius 1 is 1.00 bits per heavy atom. The van der Waals surface area contributed by atoms with Gasteiger partial charge in [-0.05, 0) is 69.4 Å². The van der Waals surface area contributed by atoms with Crippen LogP contribution in [-0.4, -0.2) is 41.6 Å². The highest BCUT2D eigenvalue weighted by Crippen LogP contribution is 2.40. The molecular formula is C24H25N7O2. The van der Waals surface area contributed by atoms with Crippen molar-refractivity contribution in [3.05, 3.63) is 59.0 Å². The quantitative estimate of drug-likeness (QED) is 0.516. The lowest BCUT2D eigenvalue weighted by atomic mass is 9.86. The topological polar surface area (TPSA) is 99.2 Å². The first-order valence-corrected chi connectivity index (χ1v) is 11.4. The van der Waals surface area contributed by atoms with E-state index in [1.165, 1.54) is 12.8 Å². The molecule has 4 aromatic rings. The second kappa shape index (κ2) is 7.68. The number of fused-ring (bicyclic) bond motifs is 2. The van der Waals surface area contributed by atoms with Gasteiger partial charge in [-0.2, -0.15) is 14.3 Å². The van der Waals surface area contributed by atoms with Gasteiger partial charge in [-0.1, -0.05) is 12.1 Å². The molecule has 0 spiro atoms. The van der Waals surface area contributed by atoms with Gasteiger partial charge in [0.2, 0.25) is 5.91 Å². The highest BCUT2D eigenvalue weighted by atomic mass is 16.5. The van der Waals surface area contributed by atoms with Crippen LogP contribution in [0.4, 0.5) is 5.82 Å². The van der Waals surface area contributed by atoms with Crippen LogP contribution in [0.2, 0.25) is 0 Å². The van der Waals surface area contributed by atoms with Crippen LogP contribution < -0.4 is 10.1 Å². The third-order valence-electron chi connectivity index (χ3n) is 6.61. The van der Waals surface area contributed by atoms with E-state index in [0.717, 1.165) is 35.4 Å². The van der Waals surface area contributed by atoms with E-state index in [0.29, 0.717) is 35.6 Å². The van der Waals surface area contributed by atoms with Gasteiger partial charge in [-0.3, -0.25) is 4.79 Å². The number of carbonyl (C=O) groups is 1. The highest BCUT2D eigenvalue weighted by Gasteiger charge is 2.33. The van der Waals surface area contributed by atoms with Gasteiger partial charge in [-0.15, -0.1) is 15.3 Å². The standard InChI is InChI=1S/C24H25N7O2/c1-14-23-19(16-7-9-18(10-8-16)33-17-5-3-4-6-17)13-22(32)25-24(23)31(28-14)21-12-11-20-27-26-15(2)30(20)29-21/h7-12,17,19H,3-6,13H2,1-2H3,(H,25,32)/t19-/m0/s1. The lowest BCUT2D eigenvalue weighted by molar-refractivity contribution is -0.116. The molecule has 9 heteroatoms. The van der Waals surface area contributed by atoms with Crippen molar-refractivity contribution in [2.45, 2.75) is 58.0 Å². The Morgan fingerprint density at radius 3 is 2.58 bits per heavy atom. The monoisotopic (exact) mass is 443 g/mol. The molecule has 1 amide bonds. The maximum atomic E-state index is 12.7. The number of anilines is 1. The molecule has 0 unspecified atom stereocenters. The van der Waals surface area contributed by atoms with E-state index >= 15 is 0 Å². The van der Waals surface area contributed by atoms with E-state index in [9.17, 15) is 4.79 Å². The minimum Gasteiger partial charge on any atom is -0.490 e. The molecule has 0 bridgehead atoms. The average Bonchev–Trinajstić information content (AvgIpc) is 3.54. The lowest BCUT2D eigenvalue weighted by Gasteiger charge is -2.24. The Bertz CT molecular complexity index is 1350. The molecular weight excluding hydrogens is 418 g/mol. The molecule has 168 valence electrons. The first-order chi connectivity index (χ1) is 16.1. The summed E-state index contributed by atoms with van der Waals surface area (Å²) in [6.45, 7) is 3.82. The number of amides is 1. The van der Waals surface area contributed by atoms with E-state index in [-0.39, 0.29) is 11.8 Å². The van der Waals surface area contributed by atoms with E-state index in [2.05, 4.69) is 32.7 Å². The molecule has 1 N–H and O–H groups in total. The summed E-state index contributed by atoms with van der Waals surface area (Å²) >= 11 is 0. The lowest BCUT2D eigenvalue weighted by Crippen LogP contribution is -2.25. The number of hydrogen-bond acceptors (Lipinski definition) is 6. The minimum atomic E-state index is -0.0802. The Hall–Kier alpha value is -3.75. The molecule has 1 aromatic carbocycles. The molecule has 1 atom stereocenters. The maximum absolute atomic E-state index is 12.7. The first kappa shape index (κ1) is 19.9. The van der Waals surface area contributed by atoms with Gasteiger partial charge in [0.1, 0.15) is 11.6 Å². The summed E-state index contributed by atoms with van der Waals surface area (Å²) in [5, 5.41) is 20.6. The number of aromatic nitrogens is 6. The van der Waals surface area contributed by atoms with Gasteiger partial charge in [-0.25, -0.2) is 0 Å². The van der Waals surface area contributed by atoms with E-state index < -0.39 is 0 Å². The van der Waals surface area contributed by atoms with Crippen molar-refractivity contribution >= 4 is 17.4 Å². The molecule has 0 radical (unpaired) electrons. The van der Waals surface area contributed by atoms with E-state index in [1.807, 2.05) is 38.1 Å². The number of carbonyl (C=O) groups excluding carboxylic acids is 1. The number of ether oxygens (including phenoxy) is 1. The van der Waals surface area contributed by atoms with Gasteiger partial charge in [0.15, 0.2) is 17.3 Å². The fraction of sp³-hybridized carbons (Fsp3) is 0.375. The zero-order chi connectivity index (χ0) is 22.5. The van der Waals surface area contributed by atoms with Crippen molar-refractivity contribution in [3.63, 3.8) is 0 Å². The van der Waals surface area contributed by atoms with Gasteiger partial charge in [0, 0.05) is 17.9 Å². The predicted molar refractivity (Wildman–Crippen MR) is 122 cm³/mol. The van der Waals surface area contributed by atoms with Crippen molar-refractivity contribution in [2.75, 3.05) is 5.32 Å². The molecule has 6 rings (SSSR count). The fourth-order valence-corrected chi connectivity index (χ4v) is 4.97. The SMILES string of the molecule is Cc1nn(-c2ccc3nnc(C)n3n2)c2c1[C@H](c1ccc(OC3CCCC3)cc1)CC(=O)N2. The van der Waals surface area contributed by atoms with Crippen molar-refractivity contribution in [1.29, 1.82) is 0 Å². The summed E-state index contributed by atoms with van der Waals surface area (Å²) in [6, 6.07) is 11.9. The zero-order valence-corrected chi connectivity index (χ0v) is 18.7. The van der Waals surface area contributed by atoms with Crippen LogP contribution in [0.5, 0.6) is 5.75 Å². The summed E-state index contributed by atoms with van der Waals surface area (Å²) < 4.78 is 9.49. The summed E-state index contributed by atoms with van der Waals surface area (Å²) in [7, 11) is 0. The number of aryl methyl sites for hydroxylation is 2. The van der Waals surface area contributed by atoms with Crippen LogP contribution in [0.1, 0.15) is 60.7 Å². The molecule has 33 heavy (non-hydrogen) atoms. The molecule has 1 saturated carbocycles. The third-order valence-corrected chi connectivity index (χ3v) is 6.61. The molecule has 1 aliphatic heterocycles. The summed E-state index contributed by atoms with van der Waals surface area (Å²) in [4.78, 5) is 12.7. The normalized spacial score (nSPS) is 18.5. The van der Waals surface area contributed by atoms with Crippen molar-refractivity contribution in [2.24, 2.45) is 0 Å². The van der Waals surface area contributed by atoms with Crippen LogP contribution in [0, 0.1) is 13.8 Å². The third kappa shape index (κ3) is 3.44. The summed E-state index contributed by atoms with van der Waals surface area (Å²) in [5.41, 5.74) is 3.62. The van der Waals surface area contributed by atoms with Gasteiger partial charge in [0.25, 0.3) is 0 Å². The Labute approximate surface area is 190 Å². The molecule has 4 heterocycles. The van der Waals surface area contributed by atoms with E-state index in [4.69, 9.17) is 9.84 Å². The van der Waals surface area contributed by atoms with Crippen LogP contribution in [0.25, 0.3) is 11.5 Å². The minimum absolute atomic E-state index is 0.0403. The summed E-state index contributed by atoms with van der Waals surface area (Å²) in [6.07, 6.45) is 5.43. The Balaban J connectivity index is 1.36.